The van der Waals surface area contributed by atoms with E-state index in [-0.39, 0.29) is 16.6 Å². The Kier molecular flexibility index (Phi) is 4.85. The number of hydrogen-bond acceptors (Lipinski definition) is 4. The minimum absolute atomic E-state index is 0.0206. The van der Waals surface area contributed by atoms with Crippen molar-refractivity contribution in [3.8, 4) is 0 Å². The number of non-ortho nitro benzene ring substituents is 1. The summed E-state index contributed by atoms with van der Waals surface area (Å²) in [7, 11) is -3.79. The molecule has 1 saturated heterocycles. The van der Waals surface area contributed by atoms with Crippen molar-refractivity contribution in [1.82, 2.24) is 4.31 Å². The Labute approximate surface area is 180 Å². The van der Waals surface area contributed by atoms with Crippen molar-refractivity contribution in [3.63, 3.8) is 0 Å². The van der Waals surface area contributed by atoms with Gasteiger partial charge in [-0.05, 0) is 17.7 Å². The third kappa shape index (κ3) is 3.33. The molecule has 1 fully saturated rings. The van der Waals surface area contributed by atoms with Crippen molar-refractivity contribution in [1.29, 1.82) is 0 Å². The first kappa shape index (κ1) is 19.9. The van der Waals surface area contributed by atoms with E-state index in [0.717, 1.165) is 23.4 Å². The molecule has 0 saturated carbocycles. The molecule has 2 aliphatic rings. The summed E-state index contributed by atoms with van der Waals surface area (Å²) in [5.41, 5.74) is 3.01. The molecule has 0 amide bonds. The molecule has 0 aromatic heterocycles. The summed E-state index contributed by atoms with van der Waals surface area (Å²) in [6, 6.07) is 22.9. The van der Waals surface area contributed by atoms with Crippen LogP contribution in [0.15, 0.2) is 83.8 Å². The molecule has 5 rings (SSSR count). The largest absolute Gasteiger partial charge is 0.308 e. The molecule has 3 aromatic rings. The summed E-state index contributed by atoms with van der Waals surface area (Å²) in [4.78, 5) is 12.3. The fraction of sp³-hybridized carbons (Fsp3) is 0.217. The van der Waals surface area contributed by atoms with Crippen molar-refractivity contribution >= 4 is 15.7 Å². The van der Waals surface area contributed by atoms with Crippen LogP contribution in [0.2, 0.25) is 0 Å². The fourth-order valence-electron chi connectivity index (χ4n) is 4.92. The lowest BCUT2D eigenvalue weighted by Gasteiger charge is -2.32. The zero-order valence-electron chi connectivity index (χ0n) is 16.7. The van der Waals surface area contributed by atoms with E-state index in [1.165, 1.54) is 22.0 Å². The van der Waals surface area contributed by atoms with E-state index in [0.29, 0.717) is 12.1 Å². The minimum atomic E-state index is -3.79. The predicted octanol–water partition coefficient (Wildman–Crippen LogP) is 2.48. The van der Waals surface area contributed by atoms with Gasteiger partial charge in [0.05, 0.1) is 22.9 Å². The lowest BCUT2D eigenvalue weighted by molar-refractivity contribution is -0.953. The van der Waals surface area contributed by atoms with Crippen molar-refractivity contribution in [2.24, 2.45) is 0 Å². The molecule has 7 nitrogen and oxygen atoms in total. The Morgan fingerprint density at radius 2 is 1.71 bits per heavy atom. The number of sulfonamides is 1. The Bertz CT molecular complexity index is 1250. The van der Waals surface area contributed by atoms with Gasteiger partial charge in [-0.2, -0.15) is 0 Å². The molecule has 1 unspecified atom stereocenters. The van der Waals surface area contributed by atoms with Crippen LogP contribution in [0, 0.1) is 10.1 Å². The Hall–Kier alpha value is -3.07. The van der Waals surface area contributed by atoms with E-state index in [1.807, 2.05) is 12.1 Å². The quantitative estimate of drug-likeness (QED) is 0.503. The second kappa shape index (κ2) is 7.56. The molecule has 0 spiro atoms. The first-order valence-corrected chi connectivity index (χ1v) is 11.7. The number of hydrogen-bond donors (Lipinski definition) is 1. The summed E-state index contributed by atoms with van der Waals surface area (Å²) < 4.78 is 28.9. The number of nitrogens with zero attached hydrogens (tertiary/aromatic N) is 2. The molecule has 31 heavy (non-hydrogen) atoms. The van der Waals surface area contributed by atoms with E-state index in [2.05, 4.69) is 12.1 Å². The van der Waals surface area contributed by atoms with Gasteiger partial charge in [0.15, 0.2) is 6.17 Å². The standard InChI is InChI=1S/C23H21N3O4S/c27-26(28)19-9-6-8-18(15-19)23-24-14-13-17-7-4-5-12-21(17)22(24)16-25(23)31(29,30)20-10-2-1-3-11-20/h1-12,15,22-23H,13-14,16H2/p+1/t22-,23-/m0/s1. The zero-order chi connectivity index (χ0) is 21.6. The lowest BCUT2D eigenvalue weighted by Crippen LogP contribution is -3.12. The van der Waals surface area contributed by atoms with Gasteiger partial charge in [0.25, 0.3) is 5.69 Å². The van der Waals surface area contributed by atoms with E-state index in [9.17, 15) is 18.5 Å². The number of rotatable bonds is 4. The van der Waals surface area contributed by atoms with Crippen LogP contribution in [0.25, 0.3) is 0 Å². The second-order valence-electron chi connectivity index (χ2n) is 7.97. The topological polar surface area (TPSA) is 85.0 Å². The van der Waals surface area contributed by atoms with Crippen LogP contribution < -0.4 is 4.90 Å². The molecule has 0 bridgehead atoms. The molecule has 0 radical (unpaired) electrons. The minimum Gasteiger partial charge on any atom is -0.308 e. The second-order valence-corrected chi connectivity index (χ2v) is 9.86. The van der Waals surface area contributed by atoms with Gasteiger partial charge in [-0.1, -0.05) is 54.6 Å². The third-order valence-electron chi connectivity index (χ3n) is 6.31. The van der Waals surface area contributed by atoms with E-state index >= 15 is 0 Å². The fourth-order valence-corrected chi connectivity index (χ4v) is 6.57. The smallest absolute Gasteiger partial charge is 0.269 e. The van der Waals surface area contributed by atoms with Crippen LogP contribution in [-0.2, 0) is 16.4 Å². The van der Waals surface area contributed by atoms with Crippen LogP contribution >= 0.6 is 0 Å². The zero-order valence-corrected chi connectivity index (χ0v) is 17.5. The van der Waals surface area contributed by atoms with Crippen LogP contribution in [0.3, 0.4) is 0 Å². The first-order valence-electron chi connectivity index (χ1n) is 10.2. The maximum Gasteiger partial charge on any atom is 0.269 e. The Balaban J connectivity index is 1.65. The van der Waals surface area contributed by atoms with Gasteiger partial charge >= 0.3 is 0 Å². The number of benzene rings is 3. The molecular weight excluding hydrogens is 414 g/mol. The first-order chi connectivity index (χ1) is 15.0. The number of fused-ring (bicyclic) bond motifs is 3. The number of nitro groups is 1. The van der Waals surface area contributed by atoms with Crippen LogP contribution in [0.4, 0.5) is 5.69 Å². The van der Waals surface area contributed by atoms with Gasteiger partial charge in [0.2, 0.25) is 10.0 Å². The average molecular weight is 437 g/mol. The Morgan fingerprint density at radius 1 is 0.968 bits per heavy atom. The number of nitro benzene ring substituents is 1. The van der Waals surface area contributed by atoms with Gasteiger partial charge in [0, 0.05) is 29.7 Å². The normalized spacial score (nSPS) is 23.2. The van der Waals surface area contributed by atoms with Crippen molar-refractivity contribution in [2.75, 3.05) is 13.1 Å². The maximum absolute atomic E-state index is 13.7. The SMILES string of the molecule is O=[N+]([O-])c1cccc([C@@H]2N(S(=O)(=O)c3ccccc3)C[C@H]3c4ccccc4CC[NH+]23)c1. The highest BCUT2D eigenvalue weighted by Gasteiger charge is 2.52. The van der Waals surface area contributed by atoms with Gasteiger partial charge in [0.1, 0.15) is 6.04 Å². The molecule has 3 atom stereocenters. The Morgan fingerprint density at radius 3 is 2.48 bits per heavy atom. The highest BCUT2D eigenvalue weighted by molar-refractivity contribution is 7.89. The van der Waals surface area contributed by atoms with E-state index < -0.39 is 21.1 Å². The monoisotopic (exact) mass is 436 g/mol. The summed E-state index contributed by atoms with van der Waals surface area (Å²) >= 11 is 0. The number of quaternary nitrogens is 1. The predicted molar refractivity (Wildman–Crippen MR) is 115 cm³/mol. The van der Waals surface area contributed by atoms with Crippen molar-refractivity contribution in [2.45, 2.75) is 23.5 Å². The van der Waals surface area contributed by atoms with E-state index in [4.69, 9.17) is 0 Å². The van der Waals surface area contributed by atoms with Crippen LogP contribution in [0.5, 0.6) is 0 Å². The molecule has 0 aliphatic carbocycles. The van der Waals surface area contributed by atoms with E-state index in [1.54, 1.807) is 42.5 Å². The lowest BCUT2D eigenvalue weighted by atomic mass is 9.93. The maximum atomic E-state index is 13.7. The number of nitrogens with one attached hydrogen (secondary N) is 1. The molecular formula is C23H22N3O4S+. The molecule has 2 aliphatic heterocycles. The van der Waals surface area contributed by atoms with Gasteiger partial charge in [-0.15, -0.1) is 4.31 Å². The van der Waals surface area contributed by atoms with Gasteiger partial charge in [-0.25, -0.2) is 8.42 Å². The molecule has 3 aromatic carbocycles. The van der Waals surface area contributed by atoms with Crippen molar-refractivity contribution < 1.29 is 18.2 Å². The van der Waals surface area contributed by atoms with Crippen molar-refractivity contribution in [3.05, 3.63) is 106 Å². The third-order valence-corrected chi connectivity index (χ3v) is 8.15. The molecule has 158 valence electrons. The molecule has 2 heterocycles. The average Bonchev–Trinajstić information content (AvgIpc) is 3.21. The van der Waals surface area contributed by atoms with Gasteiger partial charge < -0.3 is 4.90 Å². The van der Waals surface area contributed by atoms with Crippen LogP contribution in [0.1, 0.15) is 28.9 Å². The highest BCUT2D eigenvalue weighted by atomic mass is 32.2. The summed E-state index contributed by atoms with van der Waals surface area (Å²) in [5.74, 6) is 0. The highest BCUT2D eigenvalue weighted by Crippen LogP contribution is 2.35. The molecule has 1 N–H and O–H groups in total. The summed E-state index contributed by atoms with van der Waals surface area (Å²) in [6.07, 6.45) is 0.315. The molecule has 8 heteroatoms. The summed E-state index contributed by atoms with van der Waals surface area (Å²) in [6.45, 7) is 1.09. The van der Waals surface area contributed by atoms with Gasteiger partial charge in [-0.3, -0.25) is 10.1 Å². The summed E-state index contributed by atoms with van der Waals surface area (Å²) in [5, 5.41) is 11.4. The van der Waals surface area contributed by atoms with Crippen LogP contribution in [-0.4, -0.2) is 30.7 Å².